The third-order valence-corrected chi connectivity index (χ3v) is 4.69. The Bertz CT molecular complexity index is 782. The Morgan fingerprint density at radius 2 is 1.90 bits per heavy atom. The van der Waals surface area contributed by atoms with Crippen molar-refractivity contribution in [3.8, 4) is 0 Å². The van der Waals surface area contributed by atoms with E-state index >= 15 is 0 Å². The van der Waals surface area contributed by atoms with Crippen LogP contribution >= 0.6 is 11.8 Å². The Labute approximate surface area is 129 Å². The van der Waals surface area contributed by atoms with Gasteiger partial charge in [0.1, 0.15) is 0 Å². The highest BCUT2D eigenvalue weighted by molar-refractivity contribution is 7.98. The molecule has 0 N–H and O–H groups in total. The fourth-order valence-electron chi connectivity index (χ4n) is 2.49. The Balaban J connectivity index is 1.94. The SMILES string of the molecule is Cc1cc(C)c2cc(C)c(SCc3cccnc3)nc2c1. The second-order valence-corrected chi connectivity index (χ2v) is 6.37. The first kappa shape index (κ1) is 14.1. The number of hydrogen-bond acceptors (Lipinski definition) is 3. The lowest BCUT2D eigenvalue weighted by Gasteiger charge is -2.09. The maximum Gasteiger partial charge on any atom is 0.1000 e. The minimum Gasteiger partial charge on any atom is -0.264 e. The molecule has 106 valence electrons. The molecule has 0 saturated heterocycles. The molecule has 0 saturated carbocycles. The minimum absolute atomic E-state index is 0.901. The number of pyridine rings is 2. The standard InChI is InChI=1S/C18H18N2S/c1-12-7-13(2)16-9-14(3)18(20-17(16)8-12)21-11-15-5-4-6-19-10-15/h4-10H,11H2,1-3H3. The number of nitrogens with zero attached hydrogens (tertiary/aromatic N) is 2. The summed E-state index contributed by atoms with van der Waals surface area (Å²) in [4.78, 5) is 9.01. The lowest BCUT2D eigenvalue weighted by atomic mass is 10.1. The molecule has 0 fully saturated rings. The number of fused-ring (bicyclic) bond motifs is 1. The second-order valence-electron chi connectivity index (χ2n) is 5.41. The van der Waals surface area contributed by atoms with Crippen LogP contribution in [-0.4, -0.2) is 9.97 Å². The number of benzene rings is 1. The lowest BCUT2D eigenvalue weighted by molar-refractivity contribution is 1.12. The largest absolute Gasteiger partial charge is 0.264 e. The zero-order valence-corrected chi connectivity index (χ0v) is 13.4. The van der Waals surface area contributed by atoms with Crippen LogP contribution in [0.3, 0.4) is 0 Å². The Kier molecular flexibility index (Phi) is 3.93. The molecule has 0 unspecified atom stereocenters. The van der Waals surface area contributed by atoms with E-state index in [0.717, 1.165) is 16.3 Å². The number of thioether (sulfide) groups is 1. The summed E-state index contributed by atoms with van der Waals surface area (Å²) in [5.41, 5.74) is 6.11. The van der Waals surface area contributed by atoms with Gasteiger partial charge in [-0.3, -0.25) is 4.98 Å². The second kappa shape index (κ2) is 5.86. The van der Waals surface area contributed by atoms with Crippen molar-refractivity contribution in [1.29, 1.82) is 0 Å². The molecule has 3 heteroatoms. The van der Waals surface area contributed by atoms with Crippen LogP contribution in [0.4, 0.5) is 0 Å². The number of rotatable bonds is 3. The molecule has 2 heterocycles. The molecule has 2 aromatic heterocycles. The van der Waals surface area contributed by atoms with Crippen LogP contribution in [-0.2, 0) is 5.75 Å². The molecular weight excluding hydrogens is 276 g/mol. The first-order chi connectivity index (χ1) is 10.1. The first-order valence-corrected chi connectivity index (χ1v) is 8.02. The molecule has 0 aliphatic carbocycles. The maximum absolute atomic E-state index is 4.85. The third kappa shape index (κ3) is 3.08. The van der Waals surface area contributed by atoms with Crippen LogP contribution in [0.15, 0.2) is 47.8 Å². The van der Waals surface area contributed by atoms with Gasteiger partial charge in [-0.15, -0.1) is 11.8 Å². The minimum atomic E-state index is 0.901. The summed E-state index contributed by atoms with van der Waals surface area (Å²) in [6, 6.07) is 10.7. The molecule has 21 heavy (non-hydrogen) atoms. The van der Waals surface area contributed by atoms with Gasteiger partial charge in [-0.1, -0.05) is 12.1 Å². The molecule has 3 aromatic rings. The average molecular weight is 294 g/mol. The summed E-state index contributed by atoms with van der Waals surface area (Å²) in [7, 11) is 0. The van der Waals surface area contributed by atoms with Crippen LogP contribution in [0, 0.1) is 20.8 Å². The van der Waals surface area contributed by atoms with Crippen molar-refractivity contribution in [2.75, 3.05) is 0 Å². The highest BCUT2D eigenvalue weighted by Gasteiger charge is 2.07. The molecule has 3 rings (SSSR count). The molecule has 0 amide bonds. The van der Waals surface area contributed by atoms with Gasteiger partial charge in [0.25, 0.3) is 0 Å². The van der Waals surface area contributed by atoms with E-state index in [0.29, 0.717) is 0 Å². The molecule has 0 bridgehead atoms. The molecule has 0 aliphatic rings. The molecule has 2 nitrogen and oxygen atoms in total. The summed E-state index contributed by atoms with van der Waals surface area (Å²) in [6.07, 6.45) is 3.72. The van der Waals surface area contributed by atoms with Gasteiger partial charge in [0.2, 0.25) is 0 Å². The van der Waals surface area contributed by atoms with E-state index in [2.05, 4.69) is 50.0 Å². The molecule has 0 spiro atoms. The molecular formula is C18H18N2S. The number of hydrogen-bond donors (Lipinski definition) is 0. The highest BCUT2D eigenvalue weighted by Crippen LogP contribution is 2.28. The van der Waals surface area contributed by atoms with Crippen molar-refractivity contribution in [1.82, 2.24) is 9.97 Å². The van der Waals surface area contributed by atoms with Crippen molar-refractivity contribution in [3.05, 3.63) is 65.0 Å². The van der Waals surface area contributed by atoms with Gasteiger partial charge in [0, 0.05) is 23.5 Å². The van der Waals surface area contributed by atoms with Crippen LogP contribution in [0.5, 0.6) is 0 Å². The van der Waals surface area contributed by atoms with Crippen LogP contribution in [0.2, 0.25) is 0 Å². The van der Waals surface area contributed by atoms with Gasteiger partial charge in [0.05, 0.1) is 10.5 Å². The topological polar surface area (TPSA) is 25.8 Å². The molecule has 0 atom stereocenters. The van der Waals surface area contributed by atoms with E-state index < -0.39 is 0 Å². The van der Waals surface area contributed by atoms with Crippen molar-refractivity contribution in [2.24, 2.45) is 0 Å². The lowest BCUT2D eigenvalue weighted by Crippen LogP contribution is -1.92. The van der Waals surface area contributed by atoms with Gasteiger partial charge >= 0.3 is 0 Å². The van der Waals surface area contributed by atoms with E-state index in [4.69, 9.17) is 4.98 Å². The van der Waals surface area contributed by atoms with Gasteiger partial charge in [-0.05, 0) is 61.2 Å². The predicted molar refractivity (Wildman–Crippen MR) is 89.8 cm³/mol. The van der Waals surface area contributed by atoms with E-state index in [1.807, 2.05) is 12.3 Å². The fourth-order valence-corrected chi connectivity index (χ4v) is 3.42. The van der Waals surface area contributed by atoms with Gasteiger partial charge in [0.15, 0.2) is 0 Å². The first-order valence-electron chi connectivity index (χ1n) is 7.04. The number of aryl methyl sites for hydroxylation is 3. The molecule has 1 aromatic carbocycles. The average Bonchev–Trinajstić information content (AvgIpc) is 2.47. The summed E-state index contributed by atoms with van der Waals surface area (Å²) in [6.45, 7) is 6.41. The van der Waals surface area contributed by atoms with Crippen molar-refractivity contribution >= 4 is 22.7 Å². The van der Waals surface area contributed by atoms with Crippen molar-refractivity contribution < 1.29 is 0 Å². The van der Waals surface area contributed by atoms with E-state index in [1.54, 1.807) is 18.0 Å². The smallest absolute Gasteiger partial charge is 0.1000 e. The third-order valence-electron chi connectivity index (χ3n) is 3.53. The van der Waals surface area contributed by atoms with E-state index in [-0.39, 0.29) is 0 Å². The van der Waals surface area contributed by atoms with Crippen LogP contribution in [0.1, 0.15) is 22.3 Å². The summed E-state index contributed by atoms with van der Waals surface area (Å²) >= 11 is 1.78. The van der Waals surface area contributed by atoms with Crippen molar-refractivity contribution in [3.63, 3.8) is 0 Å². The summed E-state index contributed by atoms with van der Waals surface area (Å²) < 4.78 is 0. The monoisotopic (exact) mass is 294 g/mol. The van der Waals surface area contributed by atoms with Gasteiger partial charge in [-0.25, -0.2) is 4.98 Å². The Morgan fingerprint density at radius 3 is 2.67 bits per heavy atom. The van der Waals surface area contributed by atoms with E-state index in [1.165, 1.54) is 27.6 Å². The Morgan fingerprint density at radius 1 is 1.05 bits per heavy atom. The quantitative estimate of drug-likeness (QED) is 0.646. The molecule has 0 radical (unpaired) electrons. The fraction of sp³-hybridized carbons (Fsp3) is 0.222. The zero-order chi connectivity index (χ0) is 14.8. The Hall–Kier alpha value is -1.87. The predicted octanol–water partition coefficient (Wildman–Crippen LogP) is 4.85. The van der Waals surface area contributed by atoms with Gasteiger partial charge < -0.3 is 0 Å². The van der Waals surface area contributed by atoms with Gasteiger partial charge in [-0.2, -0.15) is 0 Å². The van der Waals surface area contributed by atoms with E-state index in [9.17, 15) is 0 Å². The zero-order valence-electron chi connectivity index (χ0n) is 12.6. The summed E-state index contributed by atoms with van der Waals surface area (Å²) in [5, 5.41) is 2.36. The summed E-state index contributed by atoms with van der Waals surface area (Å²) in [5.74, 6) is 0.901. The number of aromatic nitrogens is 2. The van der Waals surface area contributed by atoms with Crippen LogP contribution < -0.4 is 0 Å². The van der Waals surface area contributed by atoms with Crippen molar-refractivity contribution in [2.45, 2.75) is 31.6 Å². The normalized spacial score (nSPS) is 11.0. The molecule has 0 aliphatic heterocycles. The maximum atomic E-state index is 4.85. The highest BCUT2D eigenvalue weighted by atomic mass is 32.2. The van der Waals surface area contributed by atoms with Crippen LogP contribution in [0.25, 0.3) is 10.9 Å².